The van der Waals surface area contributed by atoms with Crippen LogP contribution in [0.25, 0.3) is 11.3 Å². The molecule has 0 radical (unpaired) electrons. The maximum Gasteiger partial charge on any atom is 0.227 e. The second-order valence-electron chi connectivity index (χ2n) is 4.42. The number of aryl methyl sites for hydroxylation is 2. The molecule has 1 aromatic heterocycles. The van der Waals surface area contributed by atoms with Gasteiger partial charge in [-0.25, -0.2) is 4.98 Å². The fourth-order valence-electron chi connectivity index (χ4n) is 1.68. The predicted molar refractivity (Wildman–Crippen MR) is 86.6 cm³/mol. The molecule has 0 spiro atoms. The van der Waals surface area contributed by atoms with Crippen LogP contribution in [-0.2, 0) is 4.79 Å². The third kappa shape index (κ3) is 4.03. The first-order valence-corrected chi connectivity index (χ1v) is 7.01. The molecular weight excluding hydrogens is 294 g/mol. The summed E-state index contributed by atoms with van der Waals surface area (Å²) in [6.45, 7) is 4.51. The highest BCUT2D eigenvalue weighted by Crippen LogP contribution is 2.26. The van der Waals surface area contributed by atoms with E-state index in [2.05, 4.69) is 36.3 Å². The van der Waals surface area contributed by atoms with Crippen LogP contribution in [0.2, 0.25) is 0 Å². The molecule has 2 aromatic rings. The van der Waals surface area contributed by atoms with Crippen molar-refractivity contribution in [2.75, 3.05) is 11.9 Å². The van der Waals surface area contributed by atoms with E-state index in [4.69, 9.17) is 5.73 Å². The highest BCUT2D eigenvalue weighted by molar-refractivity contribution is 7.14. The second kappa shape index (κ2) is 7.38. The summed E-state index contributed by atoms with van der Waals surface area (Å²) in [7, 11) is 0. The van der Waals surface area contributed by atoms with Crippen molar-refractivity contribution >= 4 is 34.8 Å². The molecule has 108 valence electrons. The summed E-state index contributed by atoms with van der Waals surface area (Å²) in [5, 5.41) is 5.31. The molecule has 1 amide bonds. The standard InChI is InChI=1S/C14H17N3OS.ClH/c1-9-3-4-11(7-10(9)2)12-8-19-14(16-12)17-13(18)5-6-15;/h3-4,7-8H,5-6,15H2,1-2H3,(H,16,17,18);1H. The summed E-state index contributed by atoms with van der Waals surface area (Å²) in [6, 6.07) is 6.23. The van der Waals surface area contributed by atoms with Crippen molar-refractivity contribution in [2.24, 2.45) is 5.73 Å². The van der Waals surface area contributed by atoms with Gasteiger partial charge in [0.1, 0.15) is 0 Å². The fourth-order valence-corrected chi connectivity index (χ4v) is 2.41. The first-order chi connectivity index (χ1) is 9.10. The maximum atomic E-state index is 11.4. The van der Waals surface area contributed by atoms with Gasteiger partial charge in [0.05, 0.1) is 5.69 Å². The Morgan fingerprint density at radius 1 is 1.35 bits per heavy atom. The van der Waals surface area contributed by atoms with Gasteiger partial charge in [-0.2, -0.15) is 0 Å². The fraction of sp³-hybridized carbons (Fsp3) is 0.286. The molecule has 6 heteroatoms. The lowest BCUT2D eigenvalue weighted by Gasteiger charge is -2.02. The van der Waals surface area contributed by atoms with Crippen LogP contribution in [0.4, 0.5) is 5.13 Å². The summed E-state index contributed by atoms with van der Waals surface area (Å²) in [5.74, 6) is -0.0940. The van der Waals surface area contributed by atoms with Gasteiger partial charge < -0.3 is 11.1 Å². The average molecular weight is 312 g/mol. The molecule has 0 bridgehead atoms. The molecule has 0 unspecified atom stereocenters. The van der Waals surface area contributed by atoms with E-state index >= 15 is 0 Å². The molecule has 4 nitrogen and oxygen atoms in total. The second-order valence-corrected chi connectivity index (χ2v) is 5.28. The van der Waals surface area contributed by atoms with Gasteiger partial charge in [0.15, 0.2) is 5.13 Å². The number of nitrogens with two attached hydrogens (primary N) is 1. The Kier molecular flexibility index (Phi) is 6.13. The number of carbonyl (C=O) groups is 1. The highest BCUT2D eigenvalue weighted by Gasteiger charge is 2.08. The number of amides is 1. The van der Waals surface area contributed by atoms with Crippen molar-refractivity contribution in [3.8, 4) is 11.3 Å². The largest absolute Gasteiger partial charge is 0.330 e. The minimum absolute atomic E-state index is 0. The molecule has 1 heterocycles. The van der Waals surface area contributed by atoms with Gasteiger partial charge >= 0.3 is 0 Å². The SMILES string of the molecule is Cc1ccc(-c2csc(NC(=O)CCN)n2)cc1C.Cl. The Labute approximate surface area is 128 Å². The van der Waals surface area contributed by atoms with Crippen LogP contribution >= 0.6 is 23.7 Å². The van der Waals surface area contributed by atoms with Gasteiger partial charge in [0, 0.05) is 23.9 Å². The van der Waals surface area contributed by atoms with Crippen LogP contribution in [0.1, 0.15) is 17.5 Å². The van der Waals surface area contributed by atoms with Gasteiger partial charge in [-0.05, 0) is 31.0 Å². The Morgan fingerprint density at radius 2 is 2.10 bits per heavy atom. The molecule has 0 atom stereocenters. The topological polar surface area (TPSA) is 68.0 Å². The lowest BCUT2D eigenvalue weighted by Crippen LogP contribution is -2.15. The first-order valence-electron chi connectivity index (χ1n) is 6.13. The van der Waals surface area contributed by atoms with E-state index in [0.29, 0.717) is 18.1 Å². The Morgan fingerprint density at radius 3 is 2.75 bits per heavy atom. The minimum Gasteiger partial charge on any atom is -0.330 e. The molecule has 0 saturated heterocycles. The van der Waals surface area contributed by atoms with Crippen LogP contribution < -0.4 is 11.1 Å². The van der Waals surface area contributed by atoms with Gasteiger partial charge in [-0.1, -0.05) is 12.1 Å². The number of carbonyl (C=O) groups excluding carboxylic acids is 1. The van der Waals surface area contributed by atoms with E-state index in [1.807, 2.05) is 11.4 Å². The molecule has 0 aliphatic heterocycles. The van der Waals surface area contributed by atoms with Crippen molar-refractivity contribution in [2.45, 2.75) is 20.3 Å². The molecule has 1 aromatic carbocycles. The summed E-state index contributed by atoms with van der Waals surface area (Å²) < 4.78 is 0. The van der Waals surface area contributed by atoms with Crippen molar-refractivity contribution in [1.82, 2.24) is 4.98 Å². The van der Waals surface area contributed by atoms with E-state index in [1.54, 1.807) is 0 Å². The minimum atomic E-state index is -0.0940. The van der Waals surface area contributed by atoms with E-state index < -0.39 is 0 Å². The maximum absolute atomic E-state index is 11.4. The number of nitrogens with one attached hydrogen (secondary N) is 1. The number of hydrogen-bond acceptors (Lipinski definition) is 4. The zero-order chi connectivity index (χ0) is 13.8. The number of anilines is 1. The van der Waals surface area contributed by atoms with Gasteiger partial charge in [0.2, 0.25) is 5.91 Å². The molecular formula is C14H18ClN3OS. The summed E-state index contributed by atoms with van der Waals surface area (Å²) in [5.41, 5.74) is 9.78. The van der Waals surface area contributed by atoms with Crippen LogP contribution in [0.5, 0.6) is 0 Å². The molecule has 20 heavy (non-hydrogen) atoms. The van der Waals surface area contributed by atoms with Crippen molar-refractivity contribution in [3.63, 3.8) is 0 Å². The Bertz CT molecular complexity index is 598. The summed E-state index contributed by atoms with van der Waals surface area (Å²) in [4.78, 5) is 15.9. The number of thiazole rings is 1. The van der Waals surface area contributed by atoms with Crippen molar-refractivity contribution in [3.05, 3.63) is 34.7 Å². The average Bonchev–Trinajstić information content (AvgIpc) is 2.81. The van der Waals surface area contributed by atoms with Gasteiger partial charge in [0.25, 0.3) is 0 Å². The summed E-state index contributed by atoms with van der Waals surface area (Å²) in [6.07, 6.45) is 0.318. The highest BCUT2D eigenvalue weighted by atomic mass is 35.5. The van der Waals surface area contributed by atoms with E-state index in [1.165, 1.54) is 22.5 Å². The number of benzene rings is 1. The number of aromatic nitrogens is 1. The van der Waals surface area contributed by atoms with Crippen LogP contribution in [0.3, 0.4) is 0 Å². The molecule has 0 fully saturated rings. The number of halogens is 1. The Hall–Kier alpha value is -1.43. The lowest BCUT2D eigenvalue weighted by atomic mass is 10.1. The third-order valence-electron chi connectivity index (χ3n) is 2.92. The quantitative estimate of drug-likeness (QED) is 0.911. The lowest BCUT2D eigenvalue weighted by molar-refractivity contribution is -0.116. The van der Waals surface area contributed by atoms with Crippen LogP contribution in [-0.4, -0.2) is 17.4 Å². The Balaban J connectivity index is 0.00000200. The van der Waals surface area contributed by atoms with Crippen molar-refractivity contribution in [1.29, 1.82) is 0 Å². The molecule has 0 aliphatic rings. The molecule has 0 aliphatic carbocycles. The van der Waals surface area contributed by atoms with E-state index in [-0.39, 0.29) is 18.3 Å². The van der Waals surface area contributed by atoms with Gasteiger partial charge in [-0.15, -0.1) is 23.7 Å². The number of rotatable bonds is 4. The number of nitrogens with zero attached hydrogens (tertiary/aromatic N) is 1. The monoisotopic (exact) mass is 311 g/mol. The normalized spacial score (nSPS) is 9.95. The van der Waals surface area contributed by atoms with E-state index in [0.717, 1.165) is 11.3 Å². The van der Waals surface area contributed by atoms with Crippen LogP contribution in [0.15, 0.2) is 23.6 Å². The summed E-state index contributed by atoms with van der Waals surface area (Å²) >= 11 is 1.42. The molecule has 0 saturated carbocycles. The zero-order valence-electron chi connectivity index (χ0n) is 11.5. The zero-order valence-corrected chi connectivity index (χ0v) is 13.1. The van der Waals surface area contributed by atoms with E-state index in [9.17, 15) is 4.79 Å². The van der Waals surface area contributed by atoms with Gasteiger partial charge in [-0.3, -0.25) is 4.79 Å². The third-order valence-corrected chi connectivity index (χ3v) is 3.68. The predicted octanol–water partition coefficient (Wildman–Crippen LogP) is 3.14. The molecule has 2 rings (SSSR count). The van der Waals surface area contributed by atoms with Crippen LogP contribution in [0, 0.1) is 13.8 Å². The first kappa shape index (κ1) is 16.6. The molecule has 3 N–H and O–H groups in total. The number of hydrogen-bond donors (Lipinski definition) is 2. The smallest absolute Gasteiger partial charge is 0.227 e. The van der Waals surface area contributed by atoms with Crippen molar-refractivity contribution < 1.29 is 4.79 Å².